The molecule has 0 aliphatic carbocycles. The quantitative estimate of drug-likeness (QED) is 0.680. The minimum Gasteiger partial charge on any atom is -0.379 e. The van der Waals surface area contributed by atoms with Crippen LogP contribution in [-0.2, 0) is 6.54 Å². The molecule has 4 nitrogen and oxygen atoms in total. The molecule has 0 saturated carbocycles. The zero-order chi connectivity index (χ0) is 13.8. The number of nitro benzene ring substituents is 1. The Kier molecular flexibility index (Phi) is 3.97. The molecule has 1 N–H and O–H groups in total. The normalized spacial score (nSPS) is 10.2. The Balaban J connectivity index is 2.19. The van der Waals surface area contributed by atoms with Crippen LogP contribution in [0.3, 0.4) is 0 Å². The SMILES string of the molecule is O=[N+]([O-])c1ccccc1CNc1cc(F)ccc1Cl. The van der Waals surface area contributed by atoms with Crippen molar-refractivity contribution in [3.8, 4) is 0 Å². The summed E-state index contributed by atoms with van der Waals surface area (Å²) in [7, 11) is 0. The van der Waals surface area contributed by atoms with E-state index in [1.165, 1.54) is 24.3 Å². The summed E-state index contributed by atoms with van der Waals surface area (Å²) in [6.07, 6.45) is 0. The van der Waals surface area contributed by atoms with E-state index >= 15 is 0 Å². The molecule has 0 aliphatic rings. The summed E-state index contributed by atoms with van der Waals surface area (Å²) in [5, 5.41) is 14.1. The second-order valence-electron chi connectivity index (χ2n) is 3.86. The van der Waals surface area contributed by atoms with Crippen molar-refractivity contribution in [1.29, 1.82) is 0 Å². The van der Waals surface area contributed by atoms with E-state index in [4.69, 9.17) is 11.6 Å². The molecular formula is C13H10ClFN2O2. The standard InChI is InChI=1S/C13H10ClFN2O2/c14-11-6-5-10(15)7-12(11)16-8-9-3-1-2-4-13(9)17(18)19/h1-7,16H,8H2. The first kappa shape index (κ1) is 13.3. The van der Waals surface area contributed by atoms with Crippen molar-refractivity contribution < 1.29 is 9.31 Å². The van der Waals surface area contributed by atoms with Gasteiger partial charge in [0, 0.05) is 18.2 Å². The van der Waals surface area contributed by atoms with Crippen LogP contribution in [0.4, 0.5) is 15.8 Å². The number of para-hydroxylation sites is 1. The van der Waals surface area contributed by atoms with Gasteiger partial charge in [-0.3, -0.25) is 10.1 Å². The fourth-order valence-electron chi connectivity index (χ4n) is 1.66. The van der Waals surface area contributed by atoms with E-state index in [1.807, 2.05) is 0 Å². The Hall–Kier alpha value is -2.14. The van der Waals surface area contributed by atoms with Crippen molar-refractivity contribution in [2.75, 3.05) is 5.32 Å². The highest BCUT2D eigenvalue weighted by Crippen LogP contribution is 2.24. The second-order valence-corrected chi connectivity index (χ2v) is 4.27. The molecule has 0 aromatic heterocycles. The van der Waals surface area contributed by atoms with Crippen molar-refractivity contribution in [1.82, 2.24) is 0 Å². The van der Waals surface area contributed by atoms with Gasteiger partial charge in [0.1, 0.15) is 5.82 Å². The number of nitro groups is 1. The van der Waals surface area contributed by atoms with E-state index in [0.29, 0.717) is 16.3 Å². The van der Waals surface area contributed by atoms with Crippen molar-refractivity contribution in [2.45, 2.75) is 6.54 Å². The van der Waals surface area contributed by atoms with Crippen LogP contribution in [0.15, 0.2) is 42.5 Å². The molecule has 0 bridgehead atoms. The Labute approximate surface area is 114 Å². The van der Waals surface area contributed by atoms with E-state index < -0.39 is 10.7 Å². The fourth-order valence-corrected chi connectivity index (χ4v) is 1.85. The lowest BCUT2D eigenvalue weighted by Crippen LogP contribution is -2.03. The van der Waals surface area contributed by atoms with Gasteiger partial charge in [-0.1, -0.05) is 29.8 Å². The molecule has 0 atom stereocenters. The van der Waals surface area contributed by atoms with Gasteiger partial charge in [0.05, 0.1) is 15.6 Å². The van der Waals surface area contributed by atoms with Crippen LogP contribution in [0.25, 0.3) is 0 Å². The molecule has 0 saturated heterocycles. The van der Waals surface area contributed by atoms with Crippen LogP contribution in [-0.4, -0.2) is 4.92 Å². The molecule has 98 valence electrons. The van der Waals surface area contributed by atoms with E-state index in [0.717, 1.165) is 0 Å². The molecular weight excluding hydrogens is 271 g/mol. The average molecular weight is 281 g/mol. The first-order valence-electron chi connectivity index (χ1n) is 5.49. The number of nitrogens with one attached hydrogen (secondary N) is 1. The third kappa shape index (κ3) is 3.20. The fraction of sp³-hybridized carbons (Fsp3) is 0.0769. The summed E-state index contributed by atoms with van der Waals surface area (Å²) >= 11 is 5.90. The topological polar surface area (TPSA) is 55.2 Å². The molecule has 0 heterocycles. The monoisotopic (exact) mass is 280 g/mol. The summed E-state index contributed by atoms with van der Waals surface area (Å²) in [5.41, 5.74) is 0.926. The maximum atomic E-state index is 13.1. The molecule has 19 heavy (non-hydrogen) atoms. The van der Waals surface area contributed by atoms with Crippen LogP contribution in [0, 0.1) is 15.9 Å². The average Bonchev–Trinajstić information content (AvgIpc) is 2.40. The molecule has 0 spiro atoms. The van der Waals surface area contributed by atoms with Gasteiger partial charge in [-0.25, -0.2) is 4.39 Å². The summed E-state index contributed by atoms with van der Waals surface area (Å²) in [6, 6.07) is 10.3. The largest absolute Gasteiger partial charge is 0.379 e. The van der Waals surface area contributed by atoms with Crippen LogP contribution in [0.1, 0.15) is 5.56 Å². The Bertz CT molecular complexity index is 619. The third-order valence-electron chi connectivity index (χ3n) is 2.59. The van der Waals surface area contributed by atoms with E-state index in [-0.39, 0.29) is 12.2 Å². The van der Waals surface area contributed by atoms with Gasteiger partial charge in [-0.15, -0.1) is 0 Å². The van der Waals surface area contributed by atoms with Gasteiger partial charge in [0.25, 0.3) is 5.69 Å². The number of anilines is 1. The Morgan fingerprint density at radius 2 is 2.00 bits per heavy atom. The van der Waals surface area contributed by atoms with Gasteiger partial charge in [-0.05, 0) is 18.2 Å². The Morgan fingerprint density at radius 1 is 1.26 bits per heavy atom. The van der Waals surface area contributed by atoms with Crippen LogP contribution < -0.4 is 5.32 Å². The molecule has 2 rings (SSSR count). The predicted octanol–water partition coefficient (Wildman–Crippen LogP) is 4.00. The number of hydrogen-bond acceptors (Lipinski definition) is 3. The van der Waals surface area contributed by atoms with E-state index in [2.05, 4.69) is 5.32 Å². The molecule has 0 unspecified atom stereocenters. The van der Waals surface area contributed by atoms with Crippen LogP contribution in [0.5, 0.6) is 0 Å². The lowest BCUT2D eigenvalue weighted by molar-refractivity contribution is -0.385. The first-order chi connectivity index (χ1) is 9.08. The first-order valence-corrected chi connectivity index (χ1v) is 5.87. The van der Waals surface area contributed by atoms with Crippen LogP contribution >= 0.6 is 11.6 Å². The molecule has 0 amide bonds. The summed E-state index contributed by atoms with van der Waals surface area (Å²) in [4.78, 5) is 10.4. The number of benzene rings is 2. The molecule has 2 aromatic carbocycles. The highest BCUT2D eigenvalue weighted by atomic mass is 35.5. The van der Waals surface area contributed by atoms with Gasteiger partial charge in [-0.2, -0.15) is 0 Å². The number of halogens is 2. The number of hydrogen-bond donors (Lipinski definition) is 1. The third-order valence-corrected chi connectivity index (χ3v) is 2.92. The summed E-state index contributed by atoms with van der Waals surface area (Å²) in [5.74, 6) is -0.422. The smallest absolute Gasteiger partial charge is 0.274 e. The molecule has 0 radical (unpaired) electrons. The number of nitrogens with zero attached hydrogens (tertiary/aromatic N) is 1. The predicted molar refractivity (Wildman–Crippen MR) is 71.8 cm³/mol. The van der Waals surface area contributed by atoms with Crippen molar-refractivity contribution in [3.63, 3.8) is 0 Å². The van der Waals surface area contributed by atoms with Gasteiger partial charge >= 0.3 is 0 Å². The molecule has 0 fully saturated rings. The van der Waals surface area contributed by atoms with Crippen molar-refractivity contribution in [3.05, 3.63) is 69.0 Å². The lowest BCUT2D eigenvalue weighted by Gasteiger charge is -2.08. The minimum atomic E-state index is -0.454. The maximum Gasteiger partial charge on any atom is 0.274 e. The maximum absolute atomic E-state index is 13.1. The van der Waals surface area contributed by atoms with E-state index in [9.17, 15) is 14.5 Å². The zero-order valence-electron chi connectivity index (χ0n) is 9.77. The number of rotatable bonds is 4. The molecule has 2 aromatic rings. The lowest BCUT2D eigenvalue weighted by atomic mass is 10.2. The molecule has 6 heteroatoms. The van der Waals surface area contributed by atoms with Crippen molar-refractivity contribution in [2.24, 2.45) is 0 Å². The minimum absolute atomic E-state index is 0.0162. The van der Waals surface area contributed by atoms with Crippen LogP contribution in [0.2, 0.25) is 5.02 Å². The zero-order valence-corrected chi connectivity index (χ0v) is 10.5. The summed E-state index contributed by atoms with van der Waals surface area (Å²) in [6.45, 7) is 0.195. The highest BCUT2D eigenvalue weighted by molar-refractivity contribution is 6.33. The van der Waals surface area contributed by atoms with Crippen molar-refractivity contribution >= 4 is 23.0 Å². The van der Waals surface area contributed by atoms with Gasteiger partial charge in [0.15, 0.2) is 0 Å². The van der Waals surface area contributed by atoms with Gasteiger partial charge < -0.3 is 5.32 Å². The van der Waals surface area contributed by atoms with Gasteiger partial charge in [0.2, 0.25) is 0 Å². The summed E-state index contributed by atoms with van der Waals surface area (Å²) < 4.78 is 13.1. The Morgan fingerprint density at radius 3 is 2.74 bits per heavy atom. The highest BCUT2D eigenvalue weighted by Gasteiger charge is 2.12. The molecule has 0 aliphatic heterocycles. The van der Waals surface area contributed by atoms with E-state index in [1.54, 1.807) is 18.2 Å². The second kappa shape index (κ2) is 5.67.